The Morgan fingerprint density at radius 2 is 1.89 bits per heavy atom. The molecule has 3 N–H and O–H groups in total. The molecule has 0 radical (unpaired) electrons. The molecular formula is C14H19N3O2. The van der Waals surface area contributed by atoms with Crippen LogP contribution < -0.4 is 15.2 Å². The van der Waals surface area contributed by atoms with E-state index in [0.717, 1.165) is 11.3 Å². The molecular weight excluding hydrogens is 242 g/mol. The van der Waals surface area contributed by atoms with Crippen molar-refractivity contribution in [1.82, 2.24) is 10.2 Å². The molecule has 5 nitrogen and oxygen atoms in total. The molecule has 1 aromatic carbocycles. The number of hydrogen-bond acceptors (Lipinski definition) is 4. The monoisotopic (exact) mass is 261 g/mol. The fraction of sp³-hybridized carbons (Fsp3) is 0.357. The van der Waals surface area contributed by atoms with Gasteiger partial charge in [-0.1, -0.05) is 13.8 Å². The van der Waals surface area contributed by atoms with Gasteiger partial charge in [0.15, 0.2) is 11.5 Å². The minimum Gasteiger partial charge on any atom is -0.493 e. The van der Waals surface area contributed by atoms with Crippen LogP contribution in [0.4, 0.5) is 5.82 Å². The van der Waals surface area contributed by atoms with Gasteiger partial charge in [0, 0.05) is 11.6 Å². The standard InChI is InChI=1S/C14H19N3O2/c1-8(2)9-5-10(11-7-13(15)17-16-11)14(19-4)12(6-9)18-3/h5-8H,1-4H3,(H3,15,16,17). The summed E-state index contributed by atoms with van der Waals surface area (Å²) in [6, 6.07) is 5.84. The van der Waals surface area contributed by atoms with E-state index in [0.29, 0.717) is 23.2 Å². The molecule has 0 fully saturated rings. The lowest BCUT2D eigenvalue weighted by Crippen LogP contribution is -1.97. The van der Waals surface area contributed by atoms with E-state index < -0.39 is 0 Å². The van der Waals surface area contributed by atoms with Crippen LogP contribution in [0.1, 0.15) is 25.3 Å². The number of anilines is 1. The number of nitrogens with one attached hydrogen (secondary N) is 1. The average Bonchev–Trinajstić information content (AvgIpc) is 2.83. The Hall–Kier alpha value is -2.17. The SMILES string of the molecule is COc1cc(C(C)C)cc(-c2cc(N)n[nH]2)c1OC. The van der Waals surface area contributed by atoms with Gasteiger partial charge in [0.1, 0.15) is 5.82 Å². The summed E-state index contributed by atoms with van der Waals surface area (Å²) in [6.07, 6.45) is 0. The normalized spacial score (nSPS) is 10.8. The summed E-state index contributed by atoms with van der Waals surface area (Å²) in [5, 5.41) is 6.86. The summed E-state index contributed by atoms with van der Waals surface area (Å²) in [6.45, 7) is 4.26. The van der Waals surface area contributed by atoms with Gasteiger partial charge in [0.05, 0.1) is 19.9 Å². The maximum absolute atomic E-state index is 5.66. The Bertz CT molecular complexity index is 576. The Morgan fingerprint density at radius 1 is 1.16 bits per heavy atom. The zero-order valence-corrected chi connectivity index (χ0v) is 11.7. The van der Waals surface area contributed by atoms with Crippen molar-refractivity contribution in [2.45, 2.75) is 19.8 Å². The number of methoxy groups -OCH3 is 2. The molecule has 0 atom stereocenters. The summed E-state index contributed by atoms with van der Waals surface area (Å²) < 4.78 is 10.9. The lowest BCUT2D eigenvalue weighted by molar-refractivity contribution is 0.355. The molecule has 0 saturated carbocycles. The molecule has 5 heteroatoms. The van der Waals surface area contributed by atoms with Crippen LogP contribution in [0.2, 0.25) is 0 Å². The summed E-state index contributed by atoms with van der Waals surface area (Å²) in [7, 11) is 3.25. The number of aromatic amines is 1. The minimum absolute atomic E-state index is 0.388. The summed E-state index contributed by atoms with van der Waals surface area (Å²) >= 11 is 0. The highest BCUT2D eigenvalue weighted by Crippen LogP contribution is 2.40. The molecule has 0 spiro atoms. The van der Waals surface area contributed by atoms with Gasteiger partial charge < -0.3 is 15.2 Å². The first kappa shape index (κ1) is 13.3. The fourth-order valence-electron chi connectivity index (χ4n) is 1.99. The van der Waals surface area contributed by atoms with E-state index >= 15 is 0 Å². The maximum Gasteiger partial charge on any atom is 0.170 e. The third-order valence-corrected chi connectivity index (χ3v) is 3.06. The van der Waals surface area contributed by atoms with Crippen LogP contribution in [0.25, 0.3) is 11.3 Å². The minimum atomic E-state index is 0.388. The second-order valence-corrected chi connectivity index (χ2v) is 4.67. The van der Waals surface area contributed by atoms with Crippen molar-refractivity contribution in [3.63, 3.8) is 0 Å². The maximum atomic E-state index is 5.66. The second-order valence-electron chi connectivity index (χ2n) is 4.67. The number of nitrogens with two attached hydrogens (primary N) is 1. The third-order valence-electron chi connectivity index (χ3n) is 3.06. The van der Waals surface area contributed by atoms with Crippen LogP contribution in [0.5, 0.6) is 11.5 Å². The smallest absolute Gasteiger partial charge is 0.170 e. The van der Waals surface area contributed by atoms with Crippen molar-refractivity contribution in [3.05, 3.63) is 23.8 Å². The van der Waals surface area contributed by atoms with E-state index in [-0.39, 0.29) is 0 Å². The molecule has 0 saturated heterocycles. The molecule has 0 aliphatic heterocycles. The van der Waals surface area contributed by atoms with Crippen molar-refractivity contribution in [3.8, 4) is 22.8 Å². The van der Waals surface area contributed by atoms with Gasteiger partial charge in [-0.15, -0.1) is 0 Å². The number of aromatic nitrogens is 2. The van der Waals surface area contributed by atoms with Crippen LogP contribution >= 0.6 is 0 Å². The van der Waals surface area contributed by atoms with Crippen molar-refractivity contribution in [2.24, 2.45) is 0 Å². The van der Waals surface area contributed by atoms with Crippen LogP contribution in [-0.4, -0.2) is 24.4 Å². The van der Waals surface area contributed by atoms with Crippen LogP contribution in [0, 0.1) is 0 Å². The largest absolute Gasteiger partial charge is 0.493 e. The van der Waals surface area contributed by atoms with Gasteiger partial charge >= 0.3 is 0 Å². The zero-order valence-electron chi connectivity index (χ0n) is 11.7. The number of benzene rings is 1. The Balaban J connectivity index is 2.65. The molecule has 19 heavy (non-hydrogen) atoms. The first-order valence-corrected chi connectivity index (χ1v) is 6.14. The van der Waals surface area contributed by atoms with Crippen molar-refractivity contribution >= 4 is 5.82 Å². The Labute approximate surface area is 112 Å². The summed E-state index contributed by atoms with van der Waals surface area (Å²) in [4.78, 5) is 0. The molecule has 102 valence electrons. The highest BCUT2D eigenvalue weighted by molar-refractivity contribution is 5.73. The van der Waals surface area contributed by atoms with E-state index in [2.05, 4.69) is 30.1 Å². The molecule has 2 aromatic rings. The predicted molar refractivity (Wildman–Crippen MR) is 75.6 cm³/mol. The van der Waals surface area contributed by atoms with Crippen LogP contribution in [0.15, 0.2) is 18.2 Å². The van der Waals surface area contributed by atoms with Crippen molar-refractivity contribution < 1.29 is 9.47 Å². The predicted octanol–water partition coefficient (Wildman–Crippen LogP) is 2.80. The lowest BCUT2D eigenvalue weighted by atomic mass is 9.98. The van der Waals surface area contributed by atoms with E-state index in [1.54, 1.807) is 20.3 Å². The van der Waals surface area contributed by atoms with Crippen molar-refractivity contribution in [1.29, 1.82) is 0 Å². The second kappa shape index (κ2) is 5.22. The van der Waals surface area contributed by atoms with Crippen molar-refractivity contribution in [2.75, 3.05) is 20.0 Å². The number of nitrogens with zero attached hydrogens (tertiary/aromatic N) is 1. The van der Waals surface area contributed by atoms with E-state index in [4.69, 9.17) is 15.2 Å². The highest BCUT2D eigenvalue weighted by Gasteiger charge is 2.16. The van der Waals surface area contributed by atoms with E-state index in [1.807, 2.05) is 6.07 Å². The molecule has 0 aliphatic rings. The number of rotatable bonds is 4. The zero-order chi connectivity index (χ0) is 14.0. The van der Waals surface area contributed by atoms with E-state index in [1.165, 1.54) is 5.56 Å². The number of ether oxygens (including phenoxy) is 2. The lowest BCUT2D eigenvalue weighted by Gasteiger charge is -2.15. The molecule has 1 heterocycles. The summed E-state index contributed by atoms with van der Waals surface area (Å²) in [5.41, 5.74) is 8.54. The molecule has 0 unspecified atom stereocenters. The quantitative estimate of drug-likeness (QED) is 0.887. The van der Waals surface area contributed by atoms with Gasteiger partial charge in [-0.3, -0.25) is 5.10 Å². The van der Waals surface area contributed by atoms with Gasteiger partial charge in [0.2, 0.25) is 0 Å². The third kappa shape index (κ3) is 2.50. The number of hydrogen-bond donors (Lipinski definition) is 2. The first-order chi connectivity index (χ1) is 9.06. The molecule has 0 amide bonds. The van der Waals surface area contributed by atoms with Crippen LogP contribution in [-0.2, 0) is 0 Å². The molecule has 0 aliphatic carbocycles. The summed E-state index contributed by atoms with van der Waals surface area (Å²) in [5.74, 6) is 2.22. The van der Waals surface area contributed by atoms with Gasteiger partial charge in [-0.05, 0) is 23.6 Å². The number of H-pyrrole nitrogens is 1. The fourth-order valence-corrected chi connectivity index (χ4v) is 1.99. The molecule has 2 rings (SSSR count). The van der Waals surface area contributed by atoms with E-state index in [9.17, 15) is 0 Å². The Morgan fingerprint density at radius 3 is 2.37 bits per heavy atom. The van der Waals surface area contributed by atoms with Gasteiger partial charge in [-0.2, -0.15) is 5.10 Å². The average molecular weight is 261 g/mol. The van der Waals surface area contributed by atoms with Gasteiger partial charge in [-0.25, -0.2) is 0 Å². The topological polar surface area (TPSA) is 73.2 Å². The first-order valence-electron chi connectivity index (χ1n) is 6.14. The highest BCUT2D eigenvalue weighted by atomic mass is 16.5. The van der Waals surface area contributed by atoms with Crippen LogP contribution in [0.3, 0.4) is 0 Å². The molecule has 0 bridgehead atoms. The Kier molecular flexibility index (Phi) is 3.64. The molecule has 1 aromatic heterocycles. The number of nitrogen functional groups attached to an aromatic ring is 1. The van der Waals surface area contributed by atoms with Gasteiger partial charge in [0.25, 0.3) is 0 Å².